The summed E-state index contributed by atoms with van der Waals surface area (Å²) >= 11 is 0. The molecule has 0 saturated heterocycles. The van der Waals surface area contributed by atoms with Gasteiger partial charge in [-0.15, -0.1) is 0 Å². The molecule has 0 aromatic carbocycles. The highest BCUT2D eigenvalue weighted by Gasteiger charge is 2.25. The number of aromatic amines is 1. The molecule has 21 heavy (non-hydrogen) atoms. The average Bonchev–Trinajstić information content (AvgIpc) is 3.11. The second-order valence-electron chi connectivity index (χ2n) is 5.37. The lowest BCUT2D eigenvalue weighted by molar-refractivity contribution is 0.0759. The van der Waals surface area contributed by atoms with Gasteiger partial charge in [0, 0.05) is 36.7 Å². The monoisotopic (exact) mass is 284 g/mol. The highest BCUT2D eigenvalue weighted by Crippen LogP contribution is 2.23. The fraction of sp³-hybridized carbons (Fsp3) is 0.438. The van der Waals surface area contributed by atoms with E-state index in [-0.39, 0.29) is 5.91 Å². The molecular weight excluding hydrogens is 264 g/mol. The van der Waals surface area contributed by atoms with Crippen molar-refractivity contribution in [1.29, 1.82) is 0 Å². The Morgan fingerprint density at radius 1 is 1.33 bits per heavy atom. The van der Waals surface area contributed by atoms with Crippen LogP contribution in [0.2, 0.25) is 0 Å². The predicted octanol–water partition coefficient (Wildman–Crippen LogP) is 2.00. The van der Waals surface area contributed by atoms with Crippen LogP contribution in [0.15, 0.2) is 24.5 Å². The van der Waals surface area contributed by atoms with Crippen LogP contribution < -0.4 is 0 Å². The van der Waals surface area contributed by atoms with E-state index in [0.29, 0.717) is 18.8 Å². The van der Waals surface area contributed by atoms with Crippen LogP contribution in [0.25, 0.3) is 0 Å². The summed E-state index contributed by atoms with van der Waals surface area (Å²) in [5.74, 6) is 0.0472. The van der Waals surface area contributed by atoms with Gasteiger partial charge in [0.1, 0.15) is 0 Å². The smallest absolute Gasteiger partial charge is 0.274 e. The van der Waals surface area contributed by atoms with Gasteiger partial charge in [-0.2, -0.15) is 5.10 Å². The second kappa shape index (κ2) is 6.08. The number of likely N-dealkylation sites (N-methyl/N-ethyl adjacent to an activating group) is 1. The van der Waals surface area contributed by atoms with E-state index in [1.807, 2.05) is 24.0 Å². The largest absolute Gasteiger partial charge is 0.337 e. The van der Waals surface area contributed by atoms with Crippen molar-refractivity contribution in [3.63, 3.8) is 0 Å². The van der Waals surface area contributed by atoms with Gasteiger partial charge in [-0.1, -0.05) is 0 Å². The van der Waals surface area contributed by atoms with Gasteiger partial charge in [-0.05, 0) is 50.3 Å². The molecule has 5 nitrogen and oxygen atoms in total. The van der Waals surface area contributed by atoms with Gasteiger partial charge in [0.15, 0.2) is 5.69 Å². The summed E-state index contributed by atoms with van der Waals surface area (Å²) in [6.07, 6.45) is 7.51. The quantitative estimate of drug-likeness (QED) is 0.913. The first kappa shape index (κ1) is 13.8. The topological polar surface area (TPSA) is 61.9 Å². The Bertz CT molecular complexity index is 620. The van der Waals surface area contributed by atoms with Gasteiger partial charge in [-0.25, -0.2) is 0 Å². The minimum Gasteiger partial charge on any atom is -0.337 e. The summed E-state index contributed by atoms with van der Waals surface area (Å²) in [7, 11) is 0. The Hall–Kier alpha value is -2.17. The summed E-state index contributed by atoms with van der Waals surface area (Å²) in [5.41, 5.74) is 4.09. The van der Waals surface area contributed by atoms with E-state index in [2.05, 4.69) is 15.2 Å². The third-order valence-electron chi connectivity index (χ3n) is 4.10. The molecule has 0 spiro atoms. The molecule has 2 aromatic heterocycles. The first-order chi connectivity index (χ1) is 10.3. The molecule has 0 aliphatic heterocycles. The molecule has 5 heteroatoms. The van der Waals surface area contributed by atoms with Gasteiger partial charge in [0.25, 0.3) is 5.91 Å². The van der Waals surface area contributed by atoms with Crippen molar-refractivity contribution in [3.8, 4) is 0 Å². The molecule has 0 unspecified atom stereocenters. The molecule has 1 N–H and O–H groups in total. The first-order valence-electron chi connectivity index (χ1n) is 7.54. The van der Waals surface area contributed by atoms with Crippen molar-refractivity contribution in [3.05, 3.63) is 47.0 Å². The molecule has 0 radical (unpaired) electrons. The van der Waals surface area contributed by atoms with Crippen LogP contribution in [-0.2, 0) is 19.3 Å². The maximum atomic E-state index is 12.6. The SMILES string of the molecule is CCN(CCc1ccncc1)C(=O)c1n[nH]c2c1CCC2. The fourth-order valence-corrected chi connectivity index (χ4v) is 2.86. The number of fused-ring (bicyclic) bond motifs is 1. The average molecular weight is 284 g/mol. The van der Waals surface area contributed by atoms with E-state index in [9.17, 15) is 4.79 Å². The normalized spacial score (nSPS) is 13.2. The molecule has 0 fully saturated rings. The standard InChI is InChI=1S/C16H20N4O/c1-2-20(11-8-12-6-9-17-10-7-12)16(21)15-13-4-3-5-14(13)18-19-15/h6-7,9-10H,2-5,8,11H2,1H3,(H,18,19). The first-order valence-corrected chi connectivity index (χ1v) is 7.54. The number of carbonyl (C=O) groups excluding carboxylic acids is 1. The van der Waals surface area contributed by atoms with Gasteiger partial charge < -0.3 is 4.90 Å². The lowest BCUT2D eigenvalue weighted by Gasteiger charge is -2.20. The van der Waals surface area contributed by atoms with Gasteiger partial charge in [0.2, 0.25) is 0 Å². The van der Waals surface area contributed by atoms with Crippen molar-refractivity contribution in [2.75, 3.05) is 13.1 Å². The van der Waals surface area contributed by atoms with E-state index >= 15 is 0 Å². The number of pyridine rings is 1. The van der Waals surface area contributed by atoms with Crippen molar-refractivity contribution in [2.45, 2.75) is 32.6 Å². The zero-order valence-corrected chi connectivity index (χ0v) is 12.3. The molecule has 1 amide bonds. The Balaban J connectivity index is 1.69. The minimum atomic E-state index is 0.0472. The number of aryl methyl sites for hydroxylation is 1. The van der Waals surface area contributed by atoms with Gasteiger partial charge in [0.05, 0.1) is 0 Å². The highest BCUT2D eigenvalue weighted by atomic mass is 16.2. The Kier molecular flexibility index (Phi) is 3.99. The lowest BCUT2D eigenvalue weighted by atomic mass is 10.1. The van der Waals surface area contributed by atoms with Gasteiger partial charge in [-0.3, -0.25) is 14.9 Å². The molecule has 0 atom stereocenters. The number of hydrogen-bond acceptors (Lipinski definition) is 3. The van der Waals surface area contributed by atoms with E-state index in [0.717, 1.165) is 36.9 Å². The third-order valence-corrected chi connectivity index (χ3v) is 4.10. The fourth-order valence-electron chi connectivity index (χ4n) is 2.86. The molecule has 2 aromatic rings. The number of amides is 1. The number of aromatic nitrogens is 3. The summed E-state index contributed by atoms with van der Waals surface area (Å²) in [6, 6.07) is 3.98. The Morgan fingerprint density at radius 2 is 2.14 bits per heavy atom. The maximum absolute atomic E-state index is 12.6. The van der Waals surface area contributed by atoms with Crippen LogP contribution in [0.5, 0.6) is 0 Å². The van der Waals surface area contributed by atoms with Crippen molar-refractivity contribution in [1.82, 2.24) is 20.1 Å². The van der Waals surface area contributed by atoms with Crippen molar-refractivity contribution in [2.24, 2.45) is 0 Å². The summed E-state index contributed by atoms with van der Waals surface area (Å²) in [4.78, 5) is 18.5. The highest BCUT2D eigenvalue weighted by molar-refractivity contribution is 5.94. The van der Waals surface area contributed by atoms with E-state index in [4.69, 9.17) is 0 Å². The number of nitrogens with one attached hydrogen (secondary N) is 1. The van der Waals surface area contributed by atoms with E-state index < -0.39 is 0 Å². The molecule has 2 heterocycles. The third kappa shape index (κ3) is 2.82. The number of carbonyl (C=O) groups is 1. The Labute approximate surface area is 124 Å². The zero-order chi connectivity index (χ0) is 14.7. The van der Waals surface area contributed by atoms with Crippen LogP contribution in [0.3, 0.4) is 0 Å². The maximum Gasteiger partial charge on any atom is 0.274 e. The Morgan fingerprint density at radius 3 is 2.90 bits per heavy atom. The number of nitrogens with zero attached hydrogens (tertiary/aromatic N) is 3. The van der Waals surface area contributed by atoms with Crippen LogP contribution in [0, 0.1) is 0 Å². The predicted molar refractivity (Wildman–Crippen MR) is 80.1 cm³/mol. The minimum absolute atomic E-state index is 0.0472. The van der Waals surface area contributed by atoms with Crippen LogP contribution >= 0.6 is 0 Å². The van der Waals surface area contributed by atoms with Crippen molar-refractivity contribution < 1.29 is 4.79 Å². The molecule has 1 aliphatic rings. The lowest BCUT2D eigenvalue weighted by Crippen LogP contribution is -2.33. The summed E-state index contributed by atoms with van der Waals surface area (Å²) < 4.78 is 0. The van der Waals surface area contributed by atoms with Crippen LogP contribution in [0.4, 0.5) is 0 Å². The van der Waals surface area contributed by atoms with Gasteiger partial charge >= 0.3 is 0 Å². The molecule has 3 rings (SSSR count). The second-order valence-corrected chi connectivity index (χ2v) is 5.37. The number of hydrogen-bond donors (Lipinski definition) is 1. The summed E-state index contributed by atoms with van der Waals surface area (Å²) in [6.45, 7) is 3.42. The van der Waals surface area contributed by atoms with E-state index in [1.165, 1.54) is 5.56 Å². The molecule has 110 valence electrons. The van der Waals surface area contributed by atoms with Crippen LogP contribution in [-0.4, -0.2) is 39.1 Å². The number of rotatable bonds is 5. The molecule has 0 bridgehead atoms. The van der Waals surface area contributed by atoms with Crippen LogP contribution in [0.1, 0.15) is 40.7 Å². The molecule has 1 aliphatic carbocycles. The van der Waals surface area contributed by atoms with Crippen molar-refractivity contribution >= 4 is 5.91 Å². The summed E-state index contributed by atoms with van der Waals surface area (Å²) in [5, 5.41) is 7.25. The molecule has 0 saturated carbocycles. The molecular formula is C16H20N4O. The van der Waals surface area contributed by atoms with E-state index in [1.54, 1.807) is 12.4 Å². The zero-order valence-electron chi connectivity index (χ0n) is 12.3. The number of H-pyrrole nitrogens is 1.